The van der Waals surface area contributed by atoms with Crippen LogP contribution in [0.1, 0.15) is 0 Å². The zero-order valence-corrected chi connectivity index (χ0v) is 7.29. The van der Waals surface area contributed by atoms with Gasteiger partial charge in [0, 0.05) is 32.7 Å². The van der Waals surface area contributed by atoms with Gasteiger partial charge in [-0.1, -0.05) is 0 Å². The molecule has 0 aromatic heterocycles. The zero-order chi connectivity index (χ0) is 8.23. The number of piperazine rings is 1. The van der Waals surface area contributed by atoms with Gasteiger partial charge < -0.3 is 14.8 Å². The van der Waals surface area contributed by atoms with E-state index >= 15 is 0 Å². The third-order valence-electron chi connectivity index (χ3n) is 2.36. The molecule has 4 heteroatoms. The van der Waals surface area contributed by atoms with Crippen LogP contribution >= 0.6 is 0 Å². The number of nitrogens with one attached hydrogen (secondary N) is 1. The Morgan fingerprint density at radius 3 is 2.83 bits per heavy atom. The summed E-state index contributed by atoms with van der Waals surface area (Å²) in [7, 11) is 0. The maximum absolute atomic E-state index is 5.37. The van der Waals surface area contributed by atoms with Gasteiger partial charge >= 0.3 is 0 Å². The Labute approximate surface area is 72.8 Å². The lowest BCUT2D eigenvalue weighted by atomic mass is 10.3. The van der Waals surface area contributed by atoms with Crippen LogP contribution in [0.2, 0.25) is 0 Å². The molecule has 0 radical (unpaired) electrons. The highest BCUT2D eigenvalue weighted by molar-refractivity contribution is 4.72. The Bertz CT molecular complexity index is 131. The fourth-order valence-electron chi connectivity index (χ4n) is 1.66. The van der Waals surface area contributed by atoms with Gasteiger partial charge in [0.1, 0.15) is 6.79 Å². The van der Waals surface area contributed by atoms with Crippen LogP contribution in [0.5, 0.6) is 0 Å². The van der Waals surface area contributed by atoms with Crippen molar-refractivity contribution in [3.8, 4) is 0 Å². The molecular formula is C8H16N2O2. The van der Waals surface area contributed by atoms with Gasteiger partial charge in [0.25, 0.3) is 0 Å². The third-order valence-corrected chi connectivity index (χ3v) is 2.36. The van der Waals surface area contributed by atoms with E-state index in [1.807, 2.05) is 0 Å². The van der Waals surface area contributed by atoms with Crippen molar-refractivity contribution in [3.63, 3.8) is 0 Å². The highest BCUT2D eigenvalue weighted by atomic mass is 16.7. The highest BCUT2D eigenvalue weighted by Gasteiger charge is 2.20. The zero-order valence-electron chi connectivity index (χ0n) is 7.29. The van der Waals surface area contributed by atoms with Crippen LogP contribution in [0.25, 0.3) is 0 Å². The van der Waals surface area contributed by atoms with Crippen LogP contribution in [0, 0.1) is 0 Å². The normalized spacial score (nSPS) is 32.5. The Balaban J connectivity index is 1.69. The summed E-state index contributed by atoms with van der Waals surface area (Å²) in [5, 5.41) is 3.33. The van der Waals surface area contributed by atoms with Gasteiger partial charge in [-0.15, -0.1) is 0 Å². The molecule has 1 N–H and O–H groups in total. The van der Waals surface area contributed by atoms with Gasteiger partial charge in [0.2, 0.25) is 0 Å². The lowest BCUT2D eigenvalue weighted by Crippen LogP contribution is -2.46. The molecule has 0 amide bonds. The second-order valence-corrected chi connectivity index (χ2v) is 3.33. The molecule has 0 aliphatic carbocycles. The molecule has 0 spiro atoms. The number of hydrogen-bond acceptors (Lipinski definition) is 4. The van der Waals surface area contributed by atoms with E-state index in [0.717, 1.165) is 39.3 Å². The summed E-state index contributed by atoms with van der Waals surface area (Å²) < 4.78 is 10.5. The number of hydrogen-bond donors (Lipinski definition) is 1. The Morgan fingerprint density at radius 2 is 2.17 bits per heavy atom. The number of rotatable bonds is 2. The maximum atomic E-state index is 5.37. The Hall–Kier alpha value is -0.160. The molecule has 2 aliphatic rings. The smallest absolute Gasteiger partial charge is 0.147 e. The fourth-order valence-corrected chi connectivity index (χ4v) is 1.66. The van der Waals surface area contributed by atoms with Crippen molar-refractivity contribution in [2.75, 3.05) is 46.1 Å². The van der Waals surface area contributed by atoms with Gasteiger partial charge in [-0.05, 0) is 0 Å². The predicted octanol–water partition coefficient (Wildman–Crippen LogP) is -0.735. The minimum Gasteiger partial charge on any atom is -0.353 e. The van der Waals surface area contributed by atoms with Crippen molar-refractivity contribution in [2.24, 2.45) is 0 Å². The summed E-state index contributed by atoms with van der Waals surface area (Å²) in [6, 6.07) is 0. The molecular weight excluding hydrogens is 156 g/mol. The predicted molar refractivity (Wildman–Crippen MR) is 45.0 cm³/mol. The Morgan fingerprint density at radius 1 is 1.33 bits per heavy atom. The Kier molecular flexibility index (Phi) is 2.94. The number of nitrogens with zero attached hydrogens (tertiary/aromatic N) is 1. The molecule has 2 heterocycles. The summed E-state index contributed by atoms with van der Waals surface area (Å²) in [5.74, 6) is 0. The summed E-state index contributed by atoms with van der Waals surface area (Å²) >= 11 is 0. The summed E-state index contributed by atoms with van der Waals surface area (Å²) in [4.78, 5) is 2.43. The largest absolute Gasteiger partial charge is 0.353 e. The number of ether oxygens (including phenoxy) is 2. The minimum atomic E-state index is 0.308. The summed E-state index contributed by atoms with van der Waals surface area (Å²) in [6.45, 7) is 6.77. The van der Waals surface area contributed by atoms with E-state index in [4.69, 9.17) is 9.47 Å². The van der Waals surface area contributed by atoms with Gasteiger partial charge in [0.15, 0.2) is 0 Å². The molecule has 0 aromatic rings. The average molecular weight is 172 g/mol. The van der Waals surface area contributed by atoms with Crippen molar-refractivity contribution in [3.05, 3.63) is 0 Å². The maximum Gasteiger partial charge on any atom is 0.147 e. The lowest BCUT2D eigenvalue weighted by Gasteiger charge is -2.28. The van der Waals surface area contributed by atoms with E-state index in [1.165, 1.54) is 0 Å². The molecule has 12 heavy (non-hydrogen) atoms. The third kappa shape index (κ3) is 2.17. The molecule has 70 valence electrons. The van der Waals surface area contributed by atoms with E-state index in [-0.39, 0.29) is 0 Å². The van der Waals surface area contributed by atoms with Crippen molar-refractivity contribution in [1.29, 1.82) is 0 Å². The molecule has 0 saturated carbocycles. The first-order valence-electron chi connectivity index (χ1n) is 4.57. The molecule has 0 bridgehead atoms. The lowest BCUT2D eigenvalue weighted by molar-refractivity contribution is 0.0335. The SMILES string of the molecule is C1CN(CC2COCO2)CCN1. The summed E-state index contributed by atoms with van der Waals surface area (Å²) in [5.41, 5.74) is 0. The minimum absolute atomic E-state index is 0.308. The monoisotopic (exact) mass is 172 g/mol. The van der Waals surface area contributed by atoms with Crippen molar-refractivity contribution < 1.29 is 9.47 Å². The van der Waals surface area contributed by atoms with E-state index in [9.17, 15) is 0 Å². The first-order valence-corrected chi connectivity index (χ1v) is 4.57. The van der Waals surface area contributed by atoms with Crippen LogP contribution < -0.4 is 5.32 Å². The second-order valence-electron chi connectivity index (χ2n) is 3.33. The van der Waals surface area contributed by atoms with Crippen molar-refractivity contribution in [1.82, 2.24) is 10.2 Å². The van der Waals surface area contributed by atoms with Gasteiger partial charge in [-0.2, -0.15) is 0 Å². The average Bonchev–Trinajstić information content (AvgIpc) is 2.59. The molecule has 2 rings (SSSR count). The fraction of sp³-hybridized carbons (Fsp3) is 1.00. The highest BCUT2D eigenvalue weighted by Crippen LogP contribution is 2.05. The molecule has 1 unspecified atom stereocenters. The van der Waals surface area contributed by atoms with E-state index < -0.39 is 0 Å². The molecule has 4 nitrogen and oxygen atoms in total. The molecule has 2 aliphatic heterocycles. The summed E-state index contributed by atoms with van der Waals surface area (Å²) in [6.07, 6.45) is 0.308. The topological polar surface area (TPSA) is 33.7 Å². The first-order chi connectivity index (χ1) is 5.95. The molecule has 2 saturated heterocycles. The van der Waals surface area contributed by atoms with Crippen LogP contribution in [0.3, 0.4) is 0 Å². The van der Waals surface area contributed by atoms with E-state index in [2.05, 4.69) is 10.2 Å². The van der Waals surface area contributed by atoms with Crippen molar-refractivity contribution in [2.45, 2.75) is 6.10 Å². The van der Waals surface area contributed by atoms with Crippen LogP contribution in [0.15, 0.2) is 0 Å². The standard InChI is InChI=1S/C8H16N2O2/c1-3-10(4-2-9-1)5-8-6-11-7-12-8/h8-9H,1-7H2. The van der Waals surface area contributed by atoms with E-state index in [1.54, 1.807) is 0 Å². The van der Waals surface area contributed by atoms with E-state index in [0.29, 0.717) is 12.9 Å². The van der Waals surface area contributed by atoms with Crippen molar-refractivity contribution >= 4 is 0 Å². The molecule has 1 atom stereocenters. The second kappa shape index (κ2) is 4.18. The molecule has 2 fully saturated rings. The van der Waals surface area contributed by atoms with Crippen LogP contribution in [0.4, 0.5) is 0 Å². The van der Waals surface area contributed by atoms with Crippen LogP contribution in [-0.2, 0) is 9.47 Å². The quantitative estimate of drug-likeness (QED) is 0.595. The first kappa shape index (κ1) is 8.44. The van der Waals surface area contributed by atoms with Crippen LogP contribution in [-0.4, -0.2) is 57.1 Å². The molecule has 0 aromatic carbocycles. The van der Waals surface area contributed by atoms with Gasteiger partial charge in [-0.25, -0.2) is 0 Å². The van der Waals surface area contributed by atoms with Gasteiger partial charge in [-0.3, -0.25) is 4.90 Å². The van der Waals surface area contributed by atoms with Gasteiger partial charge in [0.05, 0.1) is 12.7 Å².